The molecule has 0 bridgehead atoms. The number of rotatable bonds is 3. The van der Waals surface area contributed by atoms with Crippen LogP contribution in [-0.2, 0) is 0 Å². The van der Waals surface area contributed by atoms with Crippen LogP contribution >= 0.6 is 15.9 Å². The van der Waals surface area contributed by atoms with Crippen molar-refractivity contribution in [3.05, 3.63) is 68.4 Å². The SMILES string of the molecule is Cc1cc(C)c(C(NN)c2cc(F)ccc2Br)cc1C. The molecule has 2 aromatic rings. The van der Waals surface area contributed by atoms with Crippen molar-refractivity contribution in [1.29, 1.82) is 0 Å². The highest BCUT2D eigenvalue weighted by molar-refractivity contribution is 9.10. The lowest BCUT2D eigenvalue weighted by Gasteiger charge is -2.21. The van der Waals surface area contributed by atoms with E-state index in [1.165, 1.54) is 23.3 Å². The van der Waals surface area contributed by atoms with Crippen molar-refractivity contribution < 1.29 is 4.39 Å². The minimum Gasteiger partial charge on any atom is -0.271 e. The zero-order valence-electron chi connectivity index (χ0n) is 11.8. The molecule has 3 N–H and O–H groups in total. The fraction of sp³-hybridized carbons (Fsp3) is 0.250. The summed E-state index contributed by atoms with van der Waals surface area (Å²) >= 11 is 3.46. The van der Waals surface area contributed by atoms with Crippen LogP contribution < -0.4 is 11.3 Å². The van der Waals surface area contributed by atoms with E-state index in [-0.39, 0.29) is 11.9 Å². The molecule has 2 nitrogen and oxygen atoms in total. The molecule has 2 rings (SSSR count). The van der Waals surface area contributed by atoms with Crippen LogP contribution in [0, 0.1) is 26.6 Å². The van der Waals surface area contributed by atoms with Crippen LogP contribution in [0.4, 0.5) is 4.39 Å². The zero-order chi connectivity index (χ0) is 14.9. The minimum atomic E-state index is -0.273. The molecule has 0 aliphatic rings. The first-order chi connectivity index (χ1) is 9.43. The van der Waals surface area contributed by atoms with E-state index in [0.717, 1.165) is 21.2 Å². The first kappa shape index (κ1) is 15.2. The molecule has 0 radical (unpaired) electrons. The molecule has 0 saturated carbocycles. The monoisotopic (exact) mass is 336 g/mol. The fourth-order valence-corrected chi connectivity index (χ4v) is 2.85. The van der Waals surface area contributed by atoms with Gasteiger partial charge in [0.05, 0.1) is 6.04 Å². The third kappa shape index (κ3) is 2.92. The quantitative estimate of drug-likeness (QED) is 0.655. The van der Waals surface area contributed by atoms with Crippen molar-refractivity contribution in [2.24, 2.45) is 5.84 Å². The molecule has 0 heterocycles. The maximum Gasteiger partial charge on any atom is 0.123 e. The molecule has 2 aromatic carbocycles. The Kier molecular flexibility index (Phi) is 4.58. The van der Waals surface area contributed by atoms with Crippen LogP contribution in [0.1, 0.15) is 33.9 Å². The van der Waals surface area contributed by atoms with Crippen LogP contribution in [0.5, 0.6) is 0 Å². The molecule has 4 heteroatoms. The molecule has 1 unspecified atom stereocenters. The molecule has 20 heavy (non-hydrogen) atoms. The minimum absolute atomic E-state index is 0.251. The van der Waals surface area contributed by atoms with Gasteiger partial charge in [0.25, 0.3) is 0 Å². The number of nitrogens with one attached hydrogen (secondary N) is 1. The summed E-state index contributed by atoms with van der Waals surface area (Å²) in [6.07, 6.45) is 0. The number of hydrogen-bond donors (Lipinski definition) is 2. The molecule has 0 amide bonds. The van der Waals surface area contributed by atoms with E-state index in [1.807, 2.05) is 6.92 Å². The Bertz CT molecular complexity index is 641. The van der Waals surface area contributed by atoms with Crippen molar-refractivity contribution in [1.82, 2.24) is 5.43 Å². The number of aryl methyl sites for hydroxylation is 3. The number of benzene rings is 2. The average molecular weight is 337 g/mol. The third-order valence-corrected chi connectivity index (χ3v) is 4.35. The summed E-state index contributed by atoms with van der Waals surface area (Å²) in [7, 11) is 0. The average Bonchev–Trinajstić information content (AvgIpc) is 2.40. The smallest absolute Gasteiger partial charge is 0.123 e. The molecule has 0 aliphatic carbocycles. The van der Waals surface area contributed by atoms with Crippen LogP contribution in [0.3, 0.4) is 0 Å². The second kappa shape index (κ2) is 6.04. The lowest BCUT2D eigenvalue weighted by Crippen LogP contribution is -2.30. The Hall–Kier alpha value is -1.23. The molecule has 0 saturated heterocycles. The highest BCUT2D eigenvalue weighted by Gasteiger charge is 2.18. The van der Waals surface area contributed by atoms with Crippen LogP contribution in [0.25, 0.3) is 0 Å². The number of hydrogen-bond acceptors (Lipinski definition) is 2. The zero-order valence-corrected chi connectivity index (χ0v) is 13.4. The van der Waals surface area contributed by atoms with Gasteiger partial charge in [-0.3, -0.25) is 5.84 Å². The van der Waals surface area contributed by atoms with E-state index in [2.05, 4.69) is 47.3 Å². The van der Waals surface area contributed by atoms with Crippen LogP contribution in [-0.4, -0.2) is 0 Å². The van der Waals surface area contributed by atoms with Crippen molar-refractivity contribution in [2.45, 2.75) is 26.8 Å². The summed E-state index contributed by atoms with van der Waals surface area (Å²) in [5, 5.41) is 0. The van der Waals surface area contributed by atoms with Gasteiger partial charge in [0.1, 0.15) is 5.82 Å². The predicted molar refractivity (Wildman–Crippen MR) is 83.9 cm³/mol. The number of nitrogens with two attached hydrogens (primary N) is 1. The van der Waals surface area contributed by atoms with E-state index in [9.17, 15) is 4.39 Å². The lowest BCUT2D eigenvalue weighted by molar-refractivity contribution is 0.602. The molecular weight excluding hydrogens is 319 g/mol. The Morgan fingerprint density at radius 3 is 2.30 bits per heavy atom. The lowest BCUT2D eigenvalue weighted by atomic mass is 9.92. The standard InChI is InChI=1S/C16H18BrFN2/c1-9-6-11(3)13(7-10(9)2)16(20-19)14-8-12(18)4-5-15(14)17/h4-8,16,20H,19H2,1-3H3. The first-order valence-electron chi connectivity index (χ1n) is 6.43. The fourth-order valence-electron chi connectivity index (χ4n) is 2.38. The molecule has 0 aliphatic heterocycles. The Labute approximate surface area is 127 Å². The van der Waals surface area contributed by atoms with E-state index in [4.69, 9.17) is 5.84 Å². The molecule has 0 aromatic heterocycles. The molecular formula is C16H18BrFN2. The summed E-state index contributed by atoms with van der Waals surface area (Å²) in [5.41, 5.74) is 8.20. The predicted octanol–water partition coefficient (Wildman–Crippen LogP) is 4.07. The maximum atomic E-state index is 13.5. The van der Waals surface area contributed by atoms with Gasteiger partial charge < -0.3 is 0 Å². The highest BCUT2D eigenvalue weighted by atomic mass is 79.9. The Morgan fingerprint density at radius 1 is 1.00 bits per heavy atom. The molecule has 0 fully saturated rings. The van der Waals surface area contributed by atoms with Crippen molar-refractivity contribution in [2.75, 3.05) is 0 Å². The summed E-state index contributed by atoms with van der Waals surface area (Å²) < 4.78 is 14.3. The summed E-state index contributed by atoms with van der Waals surface area (Å²) in [4.78, 5) is 0. The summed E-state index contributed by atoms with van der Waals surface area (Å²) in [6.45, 7) is 6.18. The topological polar surface area (TPSA) is 38.0 Å². The van der Waals surface area contributed by atoms with Crippen molar-refractivity contribution >= 4 is 15.9 Å². The van der Waals surface area contributed by atoms with Gasteiger partial charge >= 0.3 is 0 Å². The van der Waals surface area contributed by atoms with E-state index >= 15 is 0 Å². The number of hydrazine groups is 1. The maximum absolute atomic E-state index is 13.5. The number of halogens is 2. The van der Waals surface area contributed by atoms with E-state index in [1.54, 1.807) is 6.07 Å². The van der Waals surface area contributed by atoms with Crippen molar-refractivity contribution in [3.8, 4) is 0 Å². The van der Waals surface area contributed by atoms with E-state index < -0.39 is 0 Å². The Morgan fingerprint density at radius 2 is 1.65 bits per heavy atom. The van der Waals surface area contributed by atoms with Gasteiger partial charge in [-0.2, -0.15) is 0 Å². The van der Waals surface area contributed by atoms with Gasteiger partial charge in [-0.1, -0.05) is 28.1 Å². The first-order valence-corrected chi connectivity index (χ1v) is 7.22. The van der Waals surface area contributed by atoms with Gasteiger partial charge in [0.15, 0.2) is 0 Å². The summed E-state index contributed by atoms with van der Waals surface area (Å²) in [6, 6.07) is 8.61. The van der Waals surface area contributed by atoms with Gasteiger partial charge in [-0.25, -0.2) is 9.82 Å². The van der Waals surface area contributed by atoms with Crippen LogP contribution in [0.15, 0.2) is 34.8 Å². The molecule has 1 atom stereocenters. The summed E-state index contributed by atoms with van der Waals surface area (Å²) in [5.74, 6) is 5.45. The van der Waals surface area contributed by atoms with Crippen LogP contribution in [0.2, 0.25) is 0 Å². The van der Waals surface area contributed by atoms with E-state index in [0.29, 0.717) is 0 Å². The normalized spacial score (nSPS) is 12.5. The second-order valence-corrected chi connectivity index (χ2v) is 5.91. The van der Waals surface area contributed by atoms with Gasteiger partial charge in [-0.15, -0.1) is 0 Å². The van der Waals surface area contributed by atoms with Crippen molar-refractivity contribution in [3.63, 3.8) is 0 Å². The highest BCUT2D eigenvalue weighted by Crippen LogP contribution is 2.31. The molecule has 106 valence electrons. The second-order valence-electron chi connectivity index (χ2n) is 5.06. The van der Waals surface area contributed by atoms with Gasteiger partial charge in [0, 0.05) is 4.47 Å². The largest absolute Gasteiger partial charge is 0.271 e. The Balaban J connectivity index is 2.58. The van der Waals surface area contributed by atoms with Gasteiger partial charge in [0.2, 0.25) is 0 Å². The van der Waals surface area contributed by atoms with Gasteiger partial charge in [-0.05, 0) is 66.8 Å². The molecule has 0 spiro atoms. The third-order valence-electron chi connectivity index (χ3n) is 3.63.